The van der Waals surface area contributed by atoms with Gasteiger partial charge in [-0.25, -0.2) is 4.98 Å². The fraction of sp³-hybridized carbons (Fsp3) is 0.625. The van der Waals surface area contributed by atoms with E-state index < -0.39 is 0 Å². The molecule has 0 atom stereocenters. The van der Waals surface area contributed by atoms with Crippen LogP contribution in [0.15, 0.2) is 16.7 Å². The fourth-order valence-electron chi connectivity index (χ4n) is 3.29. The third-order valence-corrected chi connectivity index (χ3v) is 6.72. The van der Waals surface area contributed by atoms with Gasteiger partial charge in [0, 0.05) is 37.9 Å². The molecule has 9 heteroatoms. The predicted octanol–water partition coefficient (Wildman–Crippen LogP) is 2.23. The molecule has 1 saturated carbocycles. The van der Waals surface area contributed by atoms with Crippen LogP contribution in [0.3, 0.4) is 0 Å². The van der Waals surface area contributed by atoms with E-state index in [4.69, 9.17) is 5.73 Å². The number of rotatable bonds is 6. The number of carbonyl (C=O) groups excluding carboxylic acids is 1. The van der Waals surface area contributed by atoms with Gasteiger partial charge in [0.25, 0.3) is 0 Å². The topological polar surface area (TPSA) is 89.9 Å². The van der Waals surface area contributed by atoms with Crippen LogP contribution >= 0.6 is 23.1 Å². The molecule has 25 heavy (non-hydrogen) atoms. The van der Waals surface area contributed by atoms with Crippen LogP contribution < -0.4 is 5.73 Å². The van der Waals surface area contributed by atoms with Gasteiger partial charge in [0.1, 0.15) is 5.82 Å². The number of amides is 1. The van der Waals surface area contributed by atoms with E-state index in [1.807, 2.05) is 11.1 Å². The number of carbonyl (C=O) groups is 1. The Hall–Kier alpha value is -1.61. The first-order chi connectivity index (χ1) is 12.2. The summed E-state index contributed by atoms with van der Waals surface area (Å²) in [5.41, 5.74) is 5.56. The van der Waals surface area contributed by atoms with Gasteiger partial charge in [-0.15, -0.1) is 10.2 Å². The number of hydrogen-bond acceptors (Lipinski definition) is 7. The van der Waals surface area contributed by atoms with Gasteiger partial charge in [0.15, 0.2) is 4.34 Å². The Kier molecular flexibility index (Phi) is 4.93. The average Bonchev–Trinajstić information content (AvgIpc) is 3.15. The smallest absolute Gasteiger partial charge is 0.233 e. The van der Waals surface area contributed by atoms with Crippen molar-refractivity contribution in [3.8, 4) is 0 Å². The number of hydrogen-bond donors (Lipinski definition) is 1. The van der Waals surface area contributed by atoms with Crippen molar-refractivity contribution in [1.29, 1.82) is 0 Å². The molecular weight excluding hydrogens is 356 g/mol. The van der Waals surface area contributed by atoms with Crippen molar-refractivity contribution in [2.45, 2.75) is 42.5 Å². The number of nitrogens with two attached hydrogens (primary N) is 1. The lowest BCUT2D eigenvalue weighted by molar-refractivity contribution is -0.129. The molecule has 0 aromatic carbocycles. The molecule has 2 aromatic heterocycles. The SMILES string of the molecule is Nc1nnc(SCC(=O)N2CCC(c3nccn3CC3CC3)CC2)s1. The number of nitrogens with zero attached hydrogens (tertiary/aromatic N) is 5. The van der Waals surface area contributed by atoms with Crippen LogP contribution in [0, 0.1) is 5.92 Å². The van der Waals surface area contributed by atoms with Crippen LogP contribution in [0.4, 0.5) is 5.13 Å². The van der Waals surface area contributed by atoms with Crippen LogP contribution in [0.25, 0.3) is 0 Å². The Morgan fingerprint density at radius 1 is 1.28 bits per heavy atom. The minimum absolute atomic E-state index is 0.165. The van der Waals surface area contributed by atoms with Gasteiger partial charge in [-0.2, -0.15) is 0 Å². The molecule has 7 nitrogen and oxygen atoms in total. The number of thioether (sulfide) groups is 1. The molecule has 2 N–H and O–H groups in total. The Morgan fingerprint density at radius 2 is 2.08 bits per heavy atom. The number of likely N-dealkylation sites (tertiary alicyclic amines) is 1. The molecule has 1 saturated heterocycles. The highest BCUT2D eigenvalue weighted by Gasteiger charge is 2.28. The Morgan fingerprint density at radius 3 is 2.76 bits per heavy atom. The van der Waals surface area contributed by atoms with E-state index in [-0.39, 0.29) is 5.91 Å². The van der Waals surface area contributed by atoms with Gasteiger partial charge in [-0.3, -0.25) is 4.79 Å². The van der Waals surface area contributed by atoms with Crippen LogP contribution in [0.1, 0.15) is 37.4 Å². The number of anilines is 1. The van der Waals surface area contributed by atoms with Gasteiger partial charge in [-0.05, 0) is 31.6 Å². The van der Waals surface area contributed by atoms with Crippen molar-refractivity contribution < 1.29 is 4.79 Å². The molecule has 4 rings (SSSR count). The van der Waals surface area contributed by atoms with E-state index in [0.717, 1.165) is 42.7 Å². The summed E-state index contributed by atoms with van der Waals surface area (Å²) in [6.45, 7) is 2.72. The summed E-state index contributed by atoms with van der Waals surface area (Å²) in [7, 11) is 0. The van der Waals surface area contributed by atoms with Gasteiger partial charge in [0.2, 0.25) is 11.0 Å². The van der Waals surface area contributed by atoms with E-state index >= 15 is 0 Å². The van der Waals surface area contributed by atoms with Crippen molar-refractivity contribution in [2.24, 2.45) is 5.92 Å². The summed E-state index contributed by atoms with van der Waals surface area (Å²) < 4.78 is 3.08. The maximum Gasteiger partial charge on any atom is 0.233 e. The first kappa shape index (κ1) is 16.8. The van der Waals surface area contributed by atoms with Crippen molar-refractivity contribution >= 4 is 34.1 Å². The molecule has 2 fully saturated rings. The lowest BCUT2D eigenvalue weighted by Gasteiger charge is -2.32. The minimum Gasteiger partial charge on any atom is -0.374 e. The molecule has 0 unspecified atom stereocenters. The normalized spacial score (nSPS) is 18.6. The van der Waals surface area contributed by atoms with Crippen LogP contribution in [0.2, 0.25) is 0 Å². The maximum atomic E-state index is 12.4. The van der Waals surface area contributed by atoms with E-state index in [0.29, 0.717) is 16.8 Å². The number of imidazole rings is 1. The van der Waals surface area contributed by atoms with E-state index in [9.17, 15) is 4.79 Å². The Bertz CT molecular complexity index is 733. The molecule has 1 aliphatic heterocycles. The first-order valence-electron chi connectivity index (χ1n) is 8.69. The third-order valence-electron chi connectivity index (χ3n) is 4.85. The van der Waals surface area contributed by atoms with Gasteiger partial charge >= 0.3 is 0 Å². The zero-order valence-corrected chi connectivity index (χ0v) is 15.6. The van der Waals surface area contributed by atoms with E-state index in [1.165, 1.54) is 41.8 Å². The van der Waals surface area contributed by atoms with Crippen molar-refractivity contribution in [2.75, 3.05) is 24.6 Å². The third kappa shape index (κ3) is 4.14. The zero-order valence-electron chi connectivity index (χ0n) is 14.0. The highest BCUT2D eigenvalue weighted by molar-refractivity contribution is 8.01. The second kappa shape index (κ2) is 7.33. The molecule has 1 amide bonds. The van der Waals surface area contributed by atoms with Crippen LogP contribution in [0.5, 0.6) is 0 Å². The van der Waals surface area contributed by atoms with Gasteiger partial charge in [-0.1, -0.05) is 23.1 Å². The molecule has 2 aromatic rings. The highest BCUT2D eigenvalue weighted by atomic mass is 32.2. The summed E-state index contributed by atoms with van der Waals surface area (Å²) >= 11 is 2.74. The largest absolute Gasteiger partial charge is 0.374 e. The summed E-state index contributed by atoms with van der Waals surface area (Å²) in [5, 5.41) is 8.15. The average molecular weight is 379 g/mol. The molecular formula is C16H22N6OS2. The zero-order chi connectivity index (χ0) is 17.2. The summed E-state index contributed by atoms with van der Waals surface area (Å²) in [4.78, 5) is 19.0. The molecule has 1 aliphatic carbocycles. The number of aromatic nitrogens is 4. The Labute approximate surface area is 155 Å². The quantitative estimate of drug-likeness (QED) is 0.775. The second-order valence-corrected chi connectivity index (χ2v) is 8.96. The monoisotopic (exact) mass is 378 g/mol. The second-order valence-electron chi connectivity index (χ2n) is 6.73. The van der Waals surface area contributed by atoms with E-state index in [2.05, 4.69) is 25.9 Å². The van der Waals surface area contributed by atoms with Crippen LogP contribution in [-0.4, -0.2) is 49.4 Å². The molecule has 2 aliphatic rings. The molecule has 3 heterocycles. The summed E-state index contributed by atoms with van der Waals surface area (Å²) in [6.07, 6.45) is 8.70. The fourth-order valence-corrected chi connectivity index (χ4v) is 4.83. The van der Waals surface area contributed by atoms with Crippen LogP contribution in [-0.2, 0) is 11.3 Å². The predicted molar refractivity (Wildman–Crippen MR) is 98.6 cm³/mol. The van der Waals surface area contributed by atoms with Gasteiger partial charge < -0.3 is 15.2 Å². The lowest BCUT2D eigenvalue weighted by atomic mass is 9.96. The minimum atomic E-state index is 0.165. The standard InChI is InChI=1S/C16H22N6OS2/c17-15-19-20-16(25-15)24-10-13(23)21-6-3-12(4-7-21)14-18-5-8-22(14)9-11-1-2-11/h5,8,11-12H,1-4,6-7,9-10H2,(H2,17,19). The maximum absolute atomic E-state index is 12.4. The van der Waals surface area contributed by atoms with Crippen molar-refractivity contribution in [3.63, 3.8) is 0 Å². The van der Waals surface area contributed by atoms with Crippen molar-refractivity contribution in [1.82, 2.24) is 24.6 Å². The summed E-state index contributed by atoms with van der Waals surface area (Å²) in [6, 6.07) is 0. The Balaban J connectivity index is 1.27. The summed E-state index contributed by atoms with van der Waals surface area (Å²) in [5.74, 6) is 3.08. The van der Waals surface area contributed by atoms with Crippen molar-refractivity contribution in [3.05, 3.63) is 18.2 Å². The molecule has 0 bridgehead atoms. The number of piperidine rings is 1. The molecule has 0 radical (unpaired) electrons. The highest BCUT2D eigenvalue weighted by Crippen LogP contribution is 2.33. The van der Waals surface area contributed by atoms with Gasteiger partial charge in [0.05, 0.1) is 5.75 Å². The first-order valence-corrected chi connectivity index (χ1v) is 10.5. The van der Waals surface area contributed by atoms with E-state index in [1.54, 1.807) is 0 Å². The number of nitrogen functional groups attached to an aromatic ring is 1. The lowest BCUT2D eigenvalue weighted by Crippen LogP contribution is -2.39. The molecule has 134 valence electrons. The molecule has 0 spiro atoms.